The van der Waals surface area contributed by atoms with Crippen molar-refractivity contribution in [3.63, 3.8) is 0 Å². The second kappa shape index (κ2) is 13.4. The summed E-state index contributed by atoms with van der Waals surface area (Å²) in [6.07, 6.45) is 0. The maximum atomic E-state index is 5.55. The van der Waals surface area contributed by atoms with Crippen LogP contribution in [0.3, 0.4) is 0 Å². The minimum Gasteiger partial charge on any atom is -0.208 e. The zero-order valence-corrected chi connectivity index (χ0v) is 33.6. The smallest absolute Gasteiger partial charge is 0.164 e. The summed E-state index contributed by atoms with van der Waals surface area (Å²) in [5, 5.41) is 16.9. The molecular weight excluding hydrogens is 759 g/mol. The van der Waals surface area contributed by atoms with Gasteiger partial charge in [0.15, 0.2) is 17.5 Å². The fraction of sp³-hybridized carbons (Fsp3) is 0. The third kappa shape index (κ3) is 5.33. The Hall–Kier alpha value is -7.79. The Morgan fingerprint density at radius 3 is 1.49 bits per heavy atom. The quantitative estimate of drug-likeness (QED) is 0.167. The third-order valence-corrected chi connectivity index (χ3v) is 13.6. The van der Waals surface area contributed by atoms with Gasteiger partial charge in [-0.15, -0.1) is 11.3 Å². The van der Waals surface area contributed by atoms with Crippen molar-refractivity contribution < 1.29 is 0 Å². The van der Waals surface area contributed by atoms with Crippen LogP contribution in [0.5, 0.6) is 0 Å². The van der Waals surface area contributed by atoms with Crippen molar-refractivity contribution in [1.29, 1.82) is 0 Å². The van der Waals surface area contributed by atoms with Crippen LogP contribution in [-0.4, -0.2) is 15.0 Å². The van der Waals surface area contributed by atoms with Crippen LogP contribution in [0.25, 0.3) is 130 Å². The van der Waals surface area contributed by atoms with Gasteiger partial charge in [0.1, 0.15) is 0 Å². The highest BCUT2D eigenvalue weighted by molar-refractivity contribution is 7.27. The molecule has 13 aromatic rings. The second-order valence-corrected chi connectivity index (χ2v) is 16.9. The number of fused-ring (bicyclic) bond motifs is 14. The molecule has 3 nitrogen and oxygen atoms in total. The van der Waals surface area contributed by atoms with Gasteiger partial charge >= 0.3 is 0 Å². The Balaban J connectivity index is 1.17. The van der Waals surface area contributed by atoms with E-state index in [4.69, 9.17) is 15.0 Å². The minimum atomic E-state index is 0.637. The molecule has 0 saturated heterocycles. The summed E-state index contributed by atoms with van der Waals surface area (Å²) in [7, 11) is 0. The van der Waals surface area contributed by atoms with E-state index in [2.05, 4.69) is 200 Å². The van der Waals surface area contributed by atoms with E-state index in [0.29, 0.717) is 17.5 Å². The number of rotatable bonds is 4. The van der Waals surface area contributed by atoms with E-state index in [9.17, 15) is 0 Å². The first-order valence-corrected chi connectivity index (χ1v) is 21.5. The molecule has 0 aliphatic heterocycles. The molecule has 13 rings (SSSR count). The normalized spacial score (nSPS) is 11.9. The van der Waals surface area contributed by atoms with E-state index < -0.39 is 0 Å². The highest BCUT2D eigenvalue weighted by atomic mass is 32.1. The second-order valence-electron chi connectivity index (χ2n) is 15.9. The summed E-state index contributed by atoms with van der Waals surface area (Å²) in [6, 6.07) is 72.0. The monoisotopic (exact) mass is 791 g/mol. The van der Waals surface area contributed by atoms with Crippen LogP contribution >= 0.6 is 11.3 Å². The lowest BCUT2D eigenvalue weighted by Crippen LogP contribution is -2.01. The molecule has 0 fully saturated rings. The molecule has 0 aliphatic rings. The van der Waals surface area contributed by atoms with Crippen LogP contribution in [0.4, 0.5) is 0 Å². The van der Waals surface area contributed by atoms with Gasteiger partial charge in [-0.3, -0.25) is 0 Å². The molecule has 4 heteroatoms. The summed E-state index contributed by atoms with van der Waals surface area (Å²) >= 11 is 1.87. The van der Waals surface area contributed by atoms with Crippen LogP contribution in [0.2, 0.25) is 0 Å². The van der Waals surface area contributed by atoms with Crippen molar-refractivity contribution in [2.24, 2.45) is 0 Å². The van der Waals surface area contributed by atoms with Crippen molar-refractivity contribution >= 4 is 96.1 Å². The SMILES string of the molecule is c1ccc(-c2ccc(-c3nc(-c4cc5ccccc5c5ccccc45)nc(-c4cc5c6ccccc6c6ccccc6c5c5sc6cc7ccccc7cc6c45)n3)cc2)cc1. The summed E-state index contributed by atoms with van der Waals surface area (Å²) < 4.78 is 2.48. The summed E-state index contributed by atoms with van der Waals surface area (Å²) in [4.78, 5) is 16.4. The van der Waals surface area contributed by atoms with Crippen LogP contribution in [0, 0.1) is 0 Å². The molecule has 0 N–H and O–H groups in total. The molecule has 2 aromatic heterocycles. The van der Waals surface area contributed by atoms with Gasteiger partial charge in [0, 0.05) is 42.2 Å². The van der Waals surface area contributed by atoms with Gasteiger partial charge < -0.3 is 0 Å². The lowest BCUT2D eigenvalue weighted by atomic mass is 9.91. The van der Waals surface area contributed by atoms with Gasteiger partial charge in [-0.1, -0.05) is 176 Å². The van der Waals surface area contributed by atoms with Gasteiger partial charge in [-0.05, 0) is 94.6 Å². The summed E-state index contributed by atoms with van der Waals surface area (Å²) in [5.41, 5.74) is 5.23. The van der Waals surface area contributed by atoms with Crippen molar-refractivity contribution in [1.82, 2.24) is 15.0 Å². The van der Waals surface area contributed by atoms with E-state index in [-0.39, 0.29) is 0 Å². The highest BCUT2D eigenvalue weighted by Gasteiger charge is 2.23. The lowest BCUT2D eigenvalue weighted by Gasteiger charge is -2.15. The van der Waals surface area contributed by atoms with Crippen molar-refractivity contribution in [3.8, 4) is 45.3 Å². The number of nitrogens with zero attached hydrogens (tertiary/aromatic N) is 3. The molecule has 0 aliphatic carbocycles. The van der Waals surface area contributed by atoms with E-state index in [1.165, 1.54) is 79.6 Å². The first-order valence-electron chi connectivity index (χ1n) is 20.7. The number of hydrogen-bond acceptors (Lipinski definition) is 4. The van der Waals surface area contributed by atoms with Gasteiger partial charge in [0.25, 0.3) is 0 Å². The molecule has 0 amide bonds. The molecule has 0 radical (unpaired) electrons. The maximum absolute atomic E-state index is 5.55. The fourth-order valence-corrected chi connectivity index (χ4v) is 10.9. The Labute approximate surface area is 354 Å². The summed E-state index contributed by atoms with van der Waals surface area (Å²) in [5.74, 6) is 1.94. The van der Waals surface area contributed by atoms with Crippen molar-refractivity contribution in [3.05, 3.63) is 200 Å². The lowest BCUT2D eigenvalue weighted by molar-refractivity contribution is 1.08. The van der Waals surface area contributed by atoms with E-state index >= 15 is 0 Å². The van der Waals surface area contributed by atoms with E-state index in [1.807, 2.05) is 11.3 Å². The largest absolute Gasteiger partial charge is 0.208 e. The molecule has 0 unspecified atom stereocenters. The van der Waals surface area contributed by atoms with Crippen LogP contribution in [0.1, 0.15) is 0 Å². The topological polar surface area (TPSA) is 38.7 Å². The zero-order valence-electron chi connectivity index (χ0n) is 32.8. The van der Waals surface area contributed by atoms with E-state index in [0.717, 1.165) is 33.0 Å². The highest BCUT2D eigenvalue weighted by Crippen LogP contribution is 2.49. The molecule has 11 aromatic carbocycles. The number of hydrogen-bond donors (Lipinski definition) is 0. The summed E-state index contributed by atoms with van der Waals surface area (Å²) in [6.45, 7) is 0. The molecule has 282 valence electrons. The van der Waals surface area contributed by atoms with Crippen LogP contribution in [-0.2, 0) is 0 Å². The predicted molar refractivity (Wildman–Crippen MR) is 259 cm³/mol. The predicted octanol–water partition coefficient (Wildman–Crippen LogP) is 15.8. The van der Waals surface area contributed by atoms with Gasteiger partial charge in [0.05, 0.1) is 0 Å². The average molecular weight is 792 g/mol. The molecule has 0 saturated carbocycles. The van der Waals surface area contributed by atoms with Crippen molar-refractivity contribution in [2.45, 2.75) is 0 Å². The molecule has 0 atom stereocenters. The average Bonchev–Trinajstić information content (AvgIpc) is 3.71. The maximum Gasteiger partial charge on any atom is 0.164 e. The number of benzene rings is 11. The van der Waals surface area contributed by atoms with Gasteiger partial charge in [0.2, 0.25) is 0 Å². The first kappa shape index (κ1) is 34.1. The van der Waals surface area contributed by atoms with Crippen LogP contribution < -0.4 is 0 Å². The molecule has 2 heterocycles. The first-order chi connectivity index (χ1) is 30.2. The van der Waals surface area contributed by atoms with Gasteiger partial charge in [-0.25, -0.2) is 15.0 Å². The Morgan fingerprint density at radius 1 is 0.279 bits per heavy atom. The fourth-order valence-electron chi connectivity index (χ4n) is 9.61. The molecule has 0 bridgehead atoms. The molecule has 0 spiro atoms. The minimum absolute atomic E-state index is 0.637. The third-order valence-electron chi connectivity index (χ3n) is 12.5. The Morgan fingerprint density at radius 2 is 0.770 bits per heavy atom. The standard InChI is InChI=1S/C57H33N3S/c1-2-14-34(15-3-1)35-26-28-36(29-27-35)55-58-56(48-31-39-18-6-7-19-40(39)41-20-8-11-24-45(41)48)60-57(59-55)50-33-47-44-23-10-9-21-42(44)43-22-12-13-25-46(43)52(47)54-53(50)49-30-37-16-4-5-17-38(37)32-51(49)61-54/h1-33H. The van der Waals surface area contributed by atoms with E-state index in [1.54, 1.807) is 0 Å². The zero-order chi connectivity index (χ0) is 40.0. The Kier molecular flexibility index (Phi) is 7.47. The molecular formula is C57H33N3S. The number of aromatic nitrogens is 3. The Bertz CT molecular complexity index is 3930. The van der Waals surface area contributed by atoms with Gasteiger partial charge in [-0.2, -0.15) is 0 Å². The van der Waals surface area contributed by atoms with Crippen molar-refractivity contribution in [2.75, 3.05) is 0 Å². The number of thiophene rings is 1. The molecule has 61 heavy (non-hydrogen) atoms. The van der Waals surface area contributed by atoms with Crippen LogP contribution in [0.15, 0.2) is 200 Å².